The average Bonchev–Trinajstić information content (AvgIpc) is 2.50. The highest BCUT2D eigenvalue weighted by atomic mass is 35.5. The quantitative estimate of drug-likeness (QED) is 0.654. The lowest BCUT2D eigenvalue weighted by molar-refractivity contribution is -0.135. The minimum atomic E-state index is -0.428. The van der Waals surface area contributed by atoms with Crippen LogP contribution in [0, 0.1) is 13.8 Å². The van der Waals surface area contributed by atoms with Gasteiger partial charge in [-0.05, 0) is 43.2 Å². The van der Waals surface area contributed by atoms with Gasteiger partial charge in [0.2, 0.25) is 5.91 Å². The second-order valence-corrected chi connectivity index (χ2v) is 6.19. The third-order valence-electron chi connectivity index (χ3n) is 3.59. The first-order valence-corrected chi connectivity index (χ1v) is 8.03. The molecule has 4 nitrogen and oxygen atoms in total. The lowest BCUT2D eigenvalue weighted by atomic mass is 10.0. The molecule has 24 heavy (non-hydrogen) atoms. The monoisotopic (exact) mass is 345 g/mol. The van der Waals surface area contributed by atoms with Gasteiger partial charge in [-0.3, -0.25) is 9.59 Å². The van der Waals surface area contributed by atoms with Crippen molar-refractivity contribution in [1.82, 2.24) is 5.32 Å². The van der Waals surface area contributed by atoms with Crippen molar-refractivity contribution in [3.05, 3.63) is 64.2 Å². The number of halogens is 1. The van der Waals surface area contributed by atoms with Crippen LogP contribution < -0.4 is 10.1 Å². The van der Waals surface area contributed by atoms with Gasteiger partial charge in [-0.1, -0.05) is 41.4 Å². The summed E-state index contributed by atoms with van der Waals surface area (Å²) in [5.41, 5.74) is 2.75. The predicted molar refractivity (Wildman–Crippen MR) is 94.2 cm³/mol. The standard InChI is InChI=1S/C19H20ClNO3/c1-12-4-6-15(7-5-12)17(21-14(3)22)11-19(23)24-18-9-8-16(20)10-13(18)2/h4-10,17H,11H2,1-3H3,(H,21,22). The molecule has 0 saturated heterocycles. The Hall–Kier alpha value is -2.33. The fourth-order valence-electron chi connectivity index (χ4n) is 2.35. The first-order chi connectivity index (χ1) is 11.3. The number of carbonyl (C=O) groups is 2. The molecular weight excluding hydrogens is 326 g/mol. The summed E-state index contributed by atoms with van der Waals surface area (Å²) in [4.78, 5) is 23.7. The smallest absolute Gasteiger partial charge is 0.313 e. The maximum absolute atomic E-state index is 12.3. The second kappa shape index (κ2) is 7.97. The summed E-state index contributed by atoms with van der Waals surface area (Å²) < 4.78 is 5.41. The zero-order chi connectivity index (χ0) is 17.7. The van der Waals surface area contributed by atoms with E-state index in [9.17, 15) is 9.59 Å². The van der Waals surface area contributed by atoms with E-state index in [1.165, 1.54) is 6.92 Å². The summed E-state index contributed by atoms with van der Waals surface area (Å²) in [6, 6.07) is 12.3. The minimum Gasteiger partial charge on any atom is -0.426 e. The third-order valence-corrected chi connectivity index (χ3v) is 3.82. The Labute approximate surface area is 146 Å². The van der Waals surface area contributed by atoms with Gasteiger partial charge < -0.3 is 10.1 Å². The van der Waals surface area contributed by atoms with Crippen molar-refractivity contribution in [3.63, 3.8) is 0 Å². The van der Waals surface area contributed by atoms with Crippen LogP contribution in [0.5, 0.6) is 5.75 Å². The maximum Gasteiger partial charge on any atom is 0.313 e. The Bertz CT molecular complexity index is 741. The number of carbonyl (C=O) groups excluding carboxylic acids is 2. The normalized spacial score (nSPS) is 11.7. The van der Waals surface area contributed by atoms with E-state index in [2.05, 4.69) is 5.32 Å². The van der Waals surface area contributed by atoms with Gasteiger partial charge in [0.1, 0.15) is 5.75 Å². The largest absolute Gasteiger partial charge is 0.426 e. The second-order valence-electron chi connectivity index (χ2n) is 5.75. The van der Waals surface area contributed by atoms with Crippen molar-refractivity contribution in [3.8, 4) is 5.75 Å². The Morgan fingerprint density at radius 2 is 1.79 bits per heavy atom. The van der Waals surface area contributed by atoms with Crippen LogP contribution in [0.25, 0.3) is 0 Å². The van der Waals surface area contributed by atoms with Crippen molar-refractivity contribution in [2.24, 2.45) is 0 Å². The van der Waals surface area contributed by atoms with Gasteiger partial charge in [-0.25, -0.2) is 0 Å². The van der Waals surface area contributed by atoms with Gasteiger partial charge in [0.25, 0.3) is 0 Å². The van der Waals surface area contributed by atoms with Crippen molar-refractivity contribution >= 4 is 23.5 Å². The van der Waals surface area contributed by atoms with E-state index in [1.54, 1.807) is 18.2 Å². The van der Waals surface area contributed by atoms with Crippen LogP contribution in [-0.4, -0.2) is 11.9 Å². The summed E-state index contributed by atoms with van der Waals surface area (Å²) >= 11 is 5.90. The van der Waals surface area contributed by atoms with E-state index in [0.717, 1.165) is 16.7 Å². The summed E-state index contributed by atoms with van der Waals surface area (Å²) in [5, 5.41) is 3.38. The molecule has 0 aliphatic carbocycles. The zero-order valence-corrected chi connectivity index (χ0v) is 14.7. The minimum absolute atomic E-state index is 0.0463. The van der Waals surface area contributed by atoms with E-state index in [1.807, 2.05) is 38.1 Å². The van der Waals surface area contributed by atoms with Crippen LogP contribution in [0.2, 0.25) is 5.02 Å². The average molecular weight is 346 g/mol. The molecule has 126 valence electrons. The van der Waals surface area contributed by atoms with Crippen LogP contribution in [0.4, 0.5) is 0 Å². The van der Waals surface area contributed by atoms with Crippen molar-refractivity contribution in [1.29, 1.82) is 0 Å². The molecule has 0 saturated carbocycles. The molecule has 0 spiro atoms. The summed E-state index contributed by atoms with van der Waals surface area (Å²) in [6.07, 6.45) is 0.0463. The van der Waals surface area contributed by atoms with E-state index in [4.69, 9.17) is 16.3 Å². The van der Waals surface area contributed by atoms with E-state index in [-0.39, 0.29) is 12.3 Å². The summed E-state index contributed by atoms with van der Waals surface area (Å²) in [5.74, 6) is -0.148. The first-order valence-electron chi connectivity index (χ1n) is 7.65. The third kappa shape index (κ3) is 5.10. The molecule has 2 aromatic rings. The topological polar surface area (TPSA) is 55.4 Å². The Balaban J connectivity index is 2.12. The number of nitrogens with one attached hydrogen (secondary N) is 1. The zero-order valence-electron chi connectivity index (χ0n) is 13.9. The molecule has 5 heteroatoms. The van der Waals surface area contributed by atoms with Crippen molar-refractivity contribution < 1.29 is 14.3 Å². The van der Waals surface area contributed by atoms with Gasteiger partial charge in [-0.15, -0.1) is 0 Å². The molecule has 1 N–H and O–H groups in total. The number of esters is 1. The van der Waals surface area contributed by atoms with Crippen molar-refractivity contribution in [2.75, 3.05) is 0 Å². The lowest BCUT2D eigenvalue weighted by Gasteiger charge is -2.18. The summed E-state index contributed by atoms with van der Waals surface area (Å²) in [6.45, 7) is 5.23. The van der Waals surface area contributed by atoms with Gasteiger partial charge in [0.05, 0.1) is 12.5 Å². The Morgan fingerprint density at radius 3 is 2.38 bits per heavy atom. The number of amides is 1. The molecule has 0 aromatic heterocycles. The molecule has 1 atom stereocenters. The number of aryl methyl sites for hydroxylation is 2. The SMILES string of the molecule is CC(=O)NC(CC(=O)Oc1ccc(Cl)cc1C)c1ccc(C)cc1. The number of rotatable bonds is 5. The molecule has 0 radical (unpaired) electrons. The molecule has 0 aliphatic rings. The van der Waals surface area contributed by atoms with Crippen LogP contribution in [0.1, 0.15) is 36.1 Å². The van der Waals surface area contributed by atoms with Crippen LogP contribution in [-0.2, 0) is 9.59 Å². The lowest BCUT2D eigenvalue weighted by Crippen LogP contribution is -2.29. The Kier molecular flexibility index (Phi) is 5.99. The van der Waals surface area contributed by atoms with E-state index in [0.29, 0.717) is 10.8 Å². The molecule has 1 unspecified atom stereocenters. The highest BCUT2D eigenvalue weighted by Gasteiger charge is 2.19. The molecule has 1 amide bonds. The molecule has 0 heterocycles. The highest BCUT2D eigenvalue weighted by molar-refractivity contribution is 6.30. The van der Waals surface area contributed by atoms with Crippen molar-refractivity contribution in [2.45, 2.75) is 33.2 Å². The number of benzene rings is 2. The highest BCUT2D eigenvalue weighted by Crippen LogP contribution is 2.24. The van der Waals surface area contributed by atoms with E-state index < -0.39 is 12.0 Å². The maximum atomic E-state index is 12.3. The Morgan fingerprint density at radius 1 is 1.12 bits per heavy atom. The fourth-order valence-corrected chi connectivity index (χ4v) is 2.58. The molecule has 0 fully saturated rings. The van der Waals surface area contributed by atoms with Crippen LogP contribution >= 0.6 is 11.6 Å². The van der Waals surface area contributed by atoms with Gasteiger partial charge in [0, 0.05) is 11.9 Å². The molecule has 2 aromatic carbocycles. The van der Waals surface area contributed by atoms with E-state index >= 15 is 0 Å². The molecular formula is C19H20ClNO3. The molecule has 0 bridgehead atoms. The predicted octanol–water partition coefficient (Wildman–Crippen LogP) is 4.13. The molecule has 2 rings (SSSR count). The van der Waals surface area contributed by atoms with Crippen LogP contribution in [0.15, 0.2) is 42.5 Å². The van der Waals surface area contributed by atoms with Crippen LogP contribution in [0.3, 0.4) is 0 Å². The fraction of sp³-hybridized carbons (Fsp3) is 0.263. The molecule has 0 aliphatic heterocycles. The van der Waals surface area contributed by atoms with Gasteiger partial charge >= 0.3 is 5.97 Å². The van der Waals surface area contributed by atoms with Gasteiger partial charge in [0.15, 0.2) is 0 Å². The summed E-state index contributed by atoms with van der Waals surface area (Å²) in [7, 11) is 0. The number of ether oxygens (including phenoxy) is 1. The van der Waals surface area contributed by atoms with Gasteiger partial charge in [-0.2, -0.15) is 0 Å². The number of hydrogen-bond donors (Lipinski definition) is 1. The number of hydrogen-bond acceptors (Lipinski definition) is 3. The first kappa shape index (κ1) is 18.0.